The second-order valence-electron chi connectivity index (χ2n) is 8.69. The Bertz CT molecular complexity index is 1020. The van der Waals surface area contributed by atoms with Crippen LogP contribution in [0, 0.1) is 5.41 Å². The lowest BCUT2D eigenvalue weighted by atomic mass is 9.63. The topological polar surface area (TPSA) is 58.6 Å². The number of hydrogen-bond donors (Lipinski definition) is 2. The Kier molecular flexibility index (Phi) is 5.24. The standard InChI is InChI=1S/C27H27NO3/c29-18-27(15-8-16-27)25(19-9-2-1-3-10-19)28-26(30)31-17-24-22-13-6-4-11-20(22)21-12-5-7-14-23(21)24/h1-7,9-14,24-25,29H,8,15-18H2,(H,28,30). The molecule has 1 amide bonds. The van der Waals surface area contributed by atoms with Crippen molar-refractivity contribution in [3.8, 4) is 11.1 Å². The number of aliphatic hydroxyl groups excluding tert-OH is 1. The summed E-state index contributed by atoms with van der Waals surface area (Å²) in [5.74, 6) is 0.0313. The number of aliphatic hydroxyl groups is 1. The summed E-state index contributed by atoms with van der Waals surface area (Å²) in [5.41, 5.74) is 5.51. The van der Waals surface area contributed by atoms with Crippen LogP contribution in [-0.4, -0.2) is 24.4 Å². The summed E-state index contributed by atoms with van der Waals surface area (Å²) in [4.78, 5) is 12.9. The van der Waals surface area contributed by atoms with E-state index in [1.165, 1.54) is 22.3 Å². The lowest BCUT2D eigenvalue weighted by Crippen LogP contribution is -2.47. The molecule has 1 unspecified atom stereocenters. The van der Waals surface area contributed by atoms with Crippen molar-refractivity contribution in [2.45, 2.75) is 31.2 Å². The third kappa shape index (κ3) is 3.51. The van der Waals surface area contributed by atoms with Crippen molar-refractivity contribution in [2.75, 3.05) is 13.2 Å². The zero-order chi connectivity index (χ0) is 21.3. The van der Waals surface area contributed by atoms with Crippen LogP contribution in [0.15, 0.2) is 78.9 Å². The van der Waals surface area contributed by atoms with E-state index in [0.29, 0.717) is 0 Å². The van der Waals surface area contributed by atoms with E-state index in [2.05, 4.69) is 29.6 Å². The summed E-state index contributed by atoms with van der Waals surface area (Å²) in [6.07, 6.45) is 2.42. The lowest BCUT2D eigenvalue weighted by molar-refractivity contribution is 0.00443. The van der Waals surface area contributed by atoms with Gasteiger partial charge in [0.15, 0.2) is 0 Å². The molecule has 31 heavy (non-hydrogen) atoms. The highest BCUT2D eigenvalue weighted by Gasteiger charge is 2.45. The predicted molar refractivity (Wildman–Crippen MR) is 121 cm³/mol. The van der Waals surface area contributed by atoms with Gasteiger partial charge in [-0.15, -0.1) is 0 Å². The van der Waals surface area contributed by atoms with Gasteiger partial charge in [0.2, 0.25) is 0 Å². The predicted octanol–water partition coefficient (Wildman–Crippen LogP) is 5.43. The highest BCUT2D eigenvalue weighted by Crippen LogP contribution is 2.50. The Balaban J connectivity index is 1.33. The maximum Gasteiger partial charge on any atom is 0.407 e. The zero-order valence-electron chi connectivity index (χ0n) is 17.5. The highest BCUT2D eigenvalue weighted by atomic mass is 16.5. The molecule has 2 N–H and O–H groups in total. The monoisotopic (exact) mass is 413 g/mol. The number of nitrogens with one attached hydrogen (secondary N) is 1. The molecule has 4 heteroatoms. The molecule has 0 radical (unpaired) electrons. The Labute approximate surface area is 182 Å². The van der Waals surface area contributed by atoms with Crippen LogP contribution in [-0.2, 0) is 4.74 Å². The summed E-state index contributed by atoms with van der Waals surface area (Å²) in [6.45, 7) is 0.337. The van der Waals surface area contributed by atoms with E-state index in [1.807, 2.05) is 54.6 Å². The van der Waals surface area contributed by atoms with Gasteiger partial charge in [-0.1, -0.05) is 85.3 Å². The molecule has 5 rings (SSSR count). The van der Waals surface area contributed by atoms with E-state index in [1.54, 1.807) is 0 Å². The normalized spacial score (nSPS) is 17.2. The van der Waals surface area contributed by atoms with E-state index in [4.69, 9.17) is 4.74 Å². The number of hydrogen-bond acceptors (Lipinski definition) is 3. The fourth-order valence-corrected chi connectivity index (χ4v) is 5.16. The van der Waals surface area contributed by atoms with Crippen LogP contribution in [0.4, 0.5) is 4.79 Å². The average molecular weight is 414 g/mol. The molecule has 0 spiro atoms. The molecule has 1 atom stereocenters. The van der Waals surface area contributed by atoms with Gasteiger partial charge >= 0.3 is 6.09 Å². The molecular weight excluding hydrogens is 386 g/mol. The molecule has 3 aromatic rings. The number of carbonyl (C=O) groups excluding carboxylic acids is 1. The van der Waals surface area contributed by atoms with Crippen LogP contribution in [0.25, 0.3) is 11.1 Å². The molecule has 0 bridgehead atoms. The van der Waals surface area contributed by atoms with Gasteiger partial charge in [-0.2, -0.15) is 0 Å². The van der Waals surface area contributed by atoms with Gasteiger partial charge in [0.05, 0.1) is 12.6 Å². The minimum atomic E-state index is -0.435. The summed E-state index contributed by atoms with van der Waals surface area (Å²) >= 11 is 0. The first-order valence-electron chi connectivity index (χ1n) is 11.0. The van der Waals surface area contributed by atoms with Crippen LogP contribution < -0.4 is 5.32 Å². The van der Waals surface area contributed by atoms with Gasteiger partial charge in [0, 0.05) is 11.3 Å². The molecule has 0 aliphatic heterocycles. The number of carbonyl (C=O) groups is 1. The van der Waals surface area contributed by atoms with Crippen molar-refractivity contribution >= 4 is 6.09 Å². The first kappa shape index (κ1) is 19.8. The second-order valence-corrected chi connectivity index (χ2v) is 8.69. The summed E-state index contributed by atoms with van der Waals surface area (Å²) in [5, 5.41) is 13.2. The van der Waals surface area contributed by atoms with Gasteiger partial charge in [-0.3, -0.25) is 0 Å². The van der Waals surface area contributed by atoms with Crippen molar-refractivity contribution in [3.63, 3.8) is 0 Å². The fourth-order valence-electron chi connectivity index (χ4n) is 5.16. The first-order chi connectivity index (χ1) is 15.2. The molecule has 158 valence electrons. The maximum atomic E-state index is 12.9. The number of fused-ring (bicyclic) bond motifs is 3. The van der Waals surface area contributed by atoms with Gasteiger partial charge in [-0.25, -0.2) is 4.79 Å². The third-order valence-corrected chi connectivity index (χ3v) is 7.02. The van der Waals surface area contributed by atoms with Crippen molar-refractivity contribution in [1.29, 1.82) is 0 Å². The molecule has 0 heterocycles. The van der Waals surface area contributed by atoms with E-state index in [0.717, 1.165) is 24.8 Å². The van der Waals surface area contributed by atoms with Crippen molar-refractivity contribution in [2.24, 2.45) is 5.41 Å². The van der Waals surface area contributed by atoms with E-state index < -0.39 is 6.09 Å². The molecular formula is C27H27NO3. The third-order valence-electron chi connectivity index (χ3n) is 7.02. The Morgan fingerprint density at radius 2 is 1.52 bits per heavy atom. The molecule has 0 saturated heterocycles. The van der Waals surface area contributed by atoms with Crippen LogP contribution in [0.5, 0.6) is 0 Å². The number of alkyl carbamates (subject to hydrolysis) is 1. The molecule has 3 aromatic carbocycles. The first-order valence-corrected chi connectivity index (χ1v) is 11.0. The van der Waals surface area contributed by atoms with Gasteiger partial charge in [0.1, 0.15) is 6.61 Å². The molecule has 1 saturated carbocycles. The SMILES string of the molecule is O=C(NC(c1ccccc1)C1(CO)CCC1)OCC1c2ccccc2-c2ccccc21. The van der Waals surface area contributed by atoms with Crippen LogP contribution >= 0.6 is 0 Å². The number of benzene rings is 3. The largest absolute Gasteiger partial charge is 0.449 e. The second kappa shape index (κ2) is 8.20. The summed E-state index contributed by atoms with van der Waals surface area (Å²) in [6, 6.07) is 26.3. The average Bonchev–Trinajstić information content (AvgIpc) is 3.11. The molecule has 2 aliphatic rings. The van der Waals surface area contributed by atoms with Crippen molar-refractivity contribution in [1.82, 2.24) is 5.32 Å². The summed E-state index contributed by atoms with van der Waals surface area (Å²) in [7, 11) is 0. The Morgan fingerprint density at radius 1 is 0.935 bits per heavy atom. The number of rotatable bonds is 6. The molecule has 0 aromatic heterocycles. The van der Waals surface area contributed by atoms with Crippen LogP contribution in [0.2, 0.25) is 0 Å². The smallest absolute Gasteiger partial charge is 0.407 e. The zero-order valence-corrected chi connectivity index (χ0v) is 17.5. The molecule has 1 fully saturated rings. The van der Waals surface area contributed by atoms with Gasteiger partial charge in [-0.05, 0) is 40.7 Å². The lowest BCUT2D eigenvalue weighted by Gasteiger charge is -2.46. The quantitative estimate of drug-likeness (QED) is 0.567. The number of ether oxygens (including phenoxy) is 1. The van der Waals surface area contributed by atoms with Crippen LogP contribution in [0.3, 0.4) is 0 Å². The minimum absolute atomic E-state index is 0.0313. The van der Waals surface area contributed by atoms with E-state index in [9.17, 15) is 9.90 Å². The Hall–Kier alpha value is -3.11. The van der Waals surface area contributed by atoms with Gasteiger partial charge < -0.3 is 15.2 Å². The molecule has 2 aliphatic carbocycles. The van der Waals surface area contributed by atoms with Gasteiger partial charge in [0.25, 0.3) is 0 Å². The minimum Gasteiger partial charge on any atom is -0.449 e. The van der Waals surface area contributed by atoms with Crippen molar-refractivity contribution < 1.29 is 14.6 Å². The summed E-state index contributed by atoms with van der Waals surface area (Å²) < 4.78 is 5.77. The van der Waals surface area contributed by atoms with E-state index >= 15 is 0 Å². The molecule has 4 nitrogen and oxygen atoms in total. The fraction of sp³-hybridized carbons (Fsp3) is 0.296. The number of amides is 1. The van der Waals surface area contributed by atoms with E-state index in [-0.39, 0.29) is 30.6 Å². The maximum absolute atomic E-state index is 12.9. The Morgan fingerprint density at radius 3 is 2.06 bits per heavy atom. The highest BCUT2D eigenvalue weighted by molar-refractivity contribution is 5.79. The van der Waals surface area contributed by atoms with Crippen LogP contribution in [0.1, 0.15) is 47.9 Å². The van der Waals surface area contributed by atoms with Crippen molar-refractivity contribution in [3.05, 3.63) is 95.6 Å².